The van der Waals surface area contributed by atoms with Crippen molar-refractivity contribution in [3.63, 3.8) is 0 Å². The summed E-state index contributed by atoms with van der Waals surface area (Å²) in [5.74, 6) is -2.27. The first-order chi connectivity index (χ1) is 5.52. The number of rotatable bonds is 2. The Labute approximate surface area is 81.2 Å². The van der Waals surface area contributed by atoms with Crippen molar-refractivity contribution in [2.45, 2.75) is 6.92 Å². The Bertz CT molecular complexity index is 323. The van der Waals surface area contributed by atoms with Crippen LogP contribution in [-0.4, -0.2) is 16.9 Å². The van der Waals surface area contributed by atoms with Crippen LogP contribution in [0.3, 0.4) is 0 Å². The summed E-state index contributed by atoms with van der Waals surface area (Å²) in [5.41, 5.74) is 0.879. The fourth-order valence-corrected chi connectivity index (χ4v) is 2.14. The summed E-state index contributed by atoms with van der Waals surface area (Å²) in [5, 5.41) is 8.38. The number of Topliss-reactive ketones (excluding diaryl/α,β-unsaturated/α-hetero) is 1. The van der Waals surface area contributed by atoms with Crippen LogP contribution in [0.5, 0.6) is 0 Å². The number of hydrogen-bond acceptors (Lipinski definition) is 3. The van der Waals surface area contributed by atoms with E-state index in [0.29, 0.717) is 0 Å². The maximum absolute atomic E-state index is 10.9. The van der Waals surface area contributed by atoms with Gasteiger partial charge in [-0.3, -0.25) is 4.79 Å². The number of carboxylic acids is 1. The SMILES string of the molecule is Cc1cc(C(=O)C(=O)O)sc1Br. The van der Waals surface area contributed by atoms with Crippen LogP contribution in [0.1, 0.15) is 15.2 Å². The van der Waals surface area contributed by atoms with Gasteiger partial charge < -0.3 is 5.11 Å². The van der Waals surface area contributed by atoms with E-state index in [0.717, 1.165) is 20.7 Å². The average molecular weight is 249 g/mol. The molecule has 1 N–H and O–H groups in total. The van der Waals surface area contributed by atoms with Crippen molar-refractivity contribution >= 4 is 39.0 Å². The van der Waals surface area contributed by atoms with Gasteiger partial charge in [0.15, 0.2) is 0 Å². The second kappa shape index (κ2) is 3.37. The van der Waals surface area contributed by atoms with Crippen molar-refractivity contribution in [2.75, 3.05) is 0 Å². The normalized spacial score (nSPS) is 9.83. The Morgan fingerprint density at radius 1 is 1.58 bits per heavy atom. The lowest BCUT2D eigenvalue weighted by Crippen LogP contribution is -2.10. The van der Waals surface area contributed by atoms with Crippen LogP contribution in [0.4, 0.5) is 0 Å². The fourth-order valence-electron chi connectivity index (χ4n) is 0.677. The van der Waals surface area contributed by atoms with E-state index in [9.17, 15) is 9.59 Å². The standard InChI is InChI=1S/C7H5BrO3S/c1-3-2-4(12-6(3)8)5(9)7(10)11/h2H,1H3,(H,10,11). The Kier molecular flexibility index (Phi) is 2.64. The Hall–Kier alpha value is -0.680. The number of carboxylic acid groups (broad SMARTS) is 1. The number of carbonyl (C=O) groups excluding carboxylic acids is 1. The molecule has 0 amide bonds. The van der Waals surface area contributed by atoms with Crippen molar-refractivity contribution in [1.82, 2.24) is 0 Å². The molecular weight excluding hydrogens is 244 g/mol. The number of ketones is 1. The summed E-state index contributed by atoms with van der Waals surface area (Å²) in [4.78, 5) is 21.4. The molecule has 1 aromatic heterocycles. The monoisotopic (exact) mass is 248 g/mol. The summed E-state index contributed by atoms with van der Waals surface area (Å²) in [6, 6.07) is 1.56. The summed E-state index contributed by atoms with van der Waals surface area (Å²) >= 11 is 4.34. The molecule has 0 aliphatic carbocycles. The molecule has 0 fully saturated rings. The zero-order valence-electron chi connectivity index (χ0n) is 6.13. The number of thiophene rings is 1. The molecule has 0 aromatic carbocycles. The van der Waals surface area contributed by atoms with E-state index in [1.165, 1.54) is 0 Å². The number of carbonyl (C=O) groups is 2. The van der Waals surface area contributed by atoms with Crippen LogP contribution in [0.2, 0.25) is 0 Å². The Morgan fingerprint density at radius 3 is 2.50 bits per heavy atom. The van der Waals surface area contributed by atoms with E-state index in [1.54, 1.807) is 13.0 Å². The van der Waals surface area contributed by atoms with Crippen molar-refractivity contribution in [3.05, 3.63) is 20.3 Å². The molecular formula is C7H5BrO3S. The summed E-state index contributed by atoms with van der Waals surface area (Å²) in [6.07, 6.45) is 0. The second-order valence-electron chi connectivity index (χ2n) is 2.20. The van der Waals surface area contributed by atoms with E-state index in [4.69, 9.17) is 5.11 Å². The van der Waals surface area contributed by atoms with Gasteiger partial charge in [0.25, 0.3) is 5.78 Å². The van der Waals surface area contributed by atoms with Gasteiger partial charge in [0.2, 0.25) is 0 Å². The van der Waals surface area contributed by atoms with Crippen molar-refractivity contribution < 1.29 is 14.7 Å². The maximum atomic E-state index is 10.9. The zero-order chi connectivity index (χ0) is 9.30. The number of aliphatic carboxylic acids is 1. The van der Waals surface area contributed by atoms with E-state index in [2.05, 4.69) is 15.9 Å². The highest BCUT2D eigenvalue weighted by Crippen LogP contribution is 2.27. The molecule has 12 heavy (non-hydrogen) atoms. The zero-order valence-corrected chi connectivity index (χ0v) is 8.53. The number of hydrogen-bond donors (Lipinski definition) is 1. The Morgan fingerprint density at radius 2 is 2.17 bits per heavy atom. The molecule has 64 valence electrons. The van der Waals surface area contributed by atoms with E-state index in [-0.39, 0.29) is 4.88 Å². The lowest BCUT2D eigenvalue weighted by atomic mass is 10.3. The molecule has 0 radical (unpaired) electrons. The topological polar surface area (TPSA) is 54.4 Å². The minimum absolute atomic E-state index is 0.256. The third-order valence-electron chi connectivity index (χ3n) is 1.28. The quantitative estimate of drug-likeness (QED) is 0.644. The largest absolute Gasteiger partial charge is 0.475 e. The molecule has 5 heteroatoms. The molecule has 0 saturated carbocycles. The molecule has 1 heterocycles. The second-order valence-corrected chi connectivity index (χ2v) is 4.57. The van der Waals surface area contributed by atoms with Gasteiger partial charge in [0, 0.05) is 0 Å². The summed E-state index contributed by atoms with van der Waals surface area (Å²) < 4.78 is 0.798. The van der Waals surface area contributed by atoms with Gasteiger partial charge in [0.05, 0.1) is 8.66 Å². The molecule has 1 aromatic rings. The third kappa shape index (κ3) is 1.73. The maximum Gasteiger partial charge on any atom is 0.378 e. The molecule has 0 saturated heterocycles. The minimum atomic E-state index is -1.41. The molecule has 0 bridgehead atoms. The minimum Gasteiger partial charge on any atom is -0.475 e. The van der Waals surface area contributed by atoms with E-state index in [1.807, 2.05) is 0 Å². The van der Waals surface area contributed by atoms with Crippen molar-refractivity contribution in [2.24, 2.45) is 0 Å². The van der Waals surface area contributed by atoms with Gasteiger partial charge >= 0.3 is 5.97 Å². The number of halogens is 1. The molecule has 0 aliphatic heterocycles. The van der Waals surface area contributed by atoms with Gasteiger partial charge in [0.1, 0.15) is 0 Å². The van der Waals surface area contributed by atoms with Crippen LogP contribution in [0.25, 0.3) is 0 Å². The van der Waals surface area contributed by atoms with Gasteiger partial charge in [-0.2, -0.15) is 0 Å². The molecule has 1 rings (SSSR count). The van der Waals surface area contributed by atoms with Crippen LogP contribution in [0, 0.1) is 6.92 Å². The van der Waals surface area contributed by atoms with Crippen molar-refractivity contribution in [3.8, 4) is 0 Å². The van der Waals surface area contributed by atoms with Crippen LogP contribution in [0.15, 0.2) is 9.85 Å². The molecule has 0 aliphatic rings. The highest BCUT2D eigenvalue weighted by molar-refractivity contribution is 9.11. The summed E-state index contributed by atoms with van der Waals surface area (Å²) in [7, 11) is 0. The van der Waals surface area contributed by atoms with Gasteiger partial charge in [-0.1, -0.05) is 0 Å². The fraction of sp³-hybridized carbons (Fsp3) is 0.143. The van der Waals surface area contributed by atoms with Crippen LogP contribution >= 0.6 is 27.3 Å². The molecule has 0 atom stereocenters. The third-order valence-corrected chi connectivity index (χ3v) is 3.41. The first-order valence-electron chi connectivity index (χ1n) is 3.06. The average Bonchev–Trinajstić information content (AvgIpc) is 2.30. The predicted octanol–water partition coefficient (Wildman–Crippen LogP) is 2.09. The van der Waals surface area contributed by atoms with Crippen LogP contribution in [-0.2, 0) is 4.79 Å². The van der Waals surface area contributed by atoms with Gasteiger partial charge in [-0.05, 0) is 34.5 Å². The molecule has 3 nitrogen and oxygen atoms in total. The van der Waals surface area contributed by atoms with E-state index >= 15 is 0 Å². The molecule has 0 spiro atoms. The first kappa shape index (κ1) is 9.41. The highest BCUT2D eigenvalue weighted by Gasteiger charge is 2.17. The summed E-state index contributed by atoms with van der Waals surface area (Å²) in [6.45, 7) is 1.80. The molecule has 0 unspecified atom stereocenters. The van der Waals surface area contributed by atoms with Crippen LogP contribution < -0.4 is 0 Å². The predicted molar refractivity (Wildman–Crippen MR) is 48.7 cm³/mol. The van der Waals surface area contributed by atoms with Gasteiger partial charge in [-0.25, -0.2) is 4.79 Å². The van der Waals surface area contributed by atoms with Gasteiger partial charge in [-0.15, -0.1) is 11.3 Å². The highest BCUT2D eigenvalue weighted by atomic mass is 79.9. The Balaban J connectivity index is 3.05. The number of aryl methyl sites for hydroxylation is 1. The smallest absolute Gasteiger partial charge is 0.378 e. The van der Waals surface area contributed by atoms with E-state index < -0.39 is 11.8 Å². The lowest BCUT2D eigenvalue weighted by Gasteiger charge is -1.85. The van der Waals surface area contributed by atoms with Crippen molar-refractivity contribution in [1.29, 1.82) is 0 Å². The first-order valence-corrected chi connectivity index (χ1v) is 4.67. The lowest BCUT2D eigenvalue weighted by molar-refractivity contribution is -0.131.